The Morgan fingerprint density at radius 1 is 0.791 bits per heavy atom. The minimum atomic E-state index is -3.62. The van der Waals surface area contributed by atoms with Crippen molar-refractivity contribution in [1.82, 2.24) is 19.3 Å². The molecule has 43 heavy (non-hydrogen) atoms. The van der Waals surface area contributed by atoms with Crippen molar-refractivity contribution in [1.29, 1.82) is 0 Å². The van der Waals surface area contributed by atoms with Gasteiger partial charge in [0.15, 0.2) is 0 Å². The highest BCUT2D eigenvalue weighted by Crippen LogP contribution is 2.22. The van der Waals surface area contributed by atoms with Gasteiger partial charge < -0.3 is 18.9 Å². The van der Waals surface area contributed by atoms with Crippen LogP contribution in [0.1, 0.15) is 16.2 Å². The molecule has 4 aromatic rings. The fourth-order valence-corrected chi connectivity index (χ4v) is 6.32. The van der Waals surface area contributed by atoms with Gasteiger partial charge in [-0.05, 0) is 60.7 Å². The smallest absolute Gasteiger partial charge is 0.261 e. The average Bonchev–Trinajstić information content (AvgIpc) is 3.47. The van der Waals surface area contributed by atoms with Crippen LogP contribution >= 0.6 is 10.7 Å². The summed E-state index contributed by atoms with van der Waals surface area (Å²) in [6.07, 6.45) is 0. The number of rotatable bonds is 7. The van der Waals surface area contributed by atoms with Gasteiger partial charge in [-0.15, -0.1) is 0 Å². The minimum Gasteiger partial charge on any atom is -0.497 e. The van der Waals surface area contributed by atoms with E-state index in [0.29, 0.717) is 41.9 Å². The molecule has 1 aliphatic heterocycles. The highest BCUT2D eigenvalue weighted by atomic mass is 35.7. The molecule has 228 valence electrons. The fourth-order valence-electron chi connectivity index (χ4n) is 4.13. The third-order valence-electron chi connectivity index (χ3n) is 6.48. The first-order valence-electron chi connectivity index (χ1n) is 12.9. The lowest BCUT2D eigenvalue weighted by Gasteiger charge is -2.34. The monoisotopic (exact) mass is 648 g/mol. The Morgan fingerprint density at radius 3 is 1.74 bits per heavy atom. The van der Waals surface area contributed by atoms with E-state index in [1.54, 1.807) is 48.2 Å². The fraction of sp³-hybridized carbons (Fsp3) is 0.250. The number of halogens is 1. The Hall–Kier alpha value is -3.98. The van der Waals surface area contributed by atoms with Gasteiger partial charge in [-0.2, -0.15) is 9.29 Å². The van der Waals surface area contributed by atoms with E-state index in [-0.39, 0.29) is 28.8 Å². The zero-order chi connectivity index (χ0) is 31.2. The Labute approximate surface area is 254 Å². The van der Waals surface area contributed by atoms with Gasteiger partial charge in [-0.1, -0.05) is 17.3 Å². The number of benzene rings is 3. The largest absolute Gasteiger partial charge is 0.497 e. The SMILES string of the molecule is COc1ccc(S(=O)(=O)Cl)cc1.COc1ccc(S(=O)(=O)N2CCN(C(=O)c3ccc(-c4noc(C)n4)cc3)CC2)cc1. The molecular weight excluding hydrogens is 620 g/mol. The van der Waals surface area contributed by atoms with Crippen molar-refractivity contribution in [2.24, 2.45) is 0 Å². The van der Waals surface area contributed by atoms with Gasteiger partial charge in [-0.25, -0.2) is 16.8 Å². The van der Waals surface area contributed by atoms with E-state index < -0.39 is 19.1 Å². The zero-order valence-electron chi connectivity index (χ0n) is 23.5. The van der Waals surface area contributed by atoms with Gasteiger partial charge in [0, 0.05) is 54.9 Å². The van der Waals surface area contributed by atoms with Gasteiger partial charge in [0.2, 0.25) is 21.7 Å². The summed E-state index contributed by atoms with van der Waals surface area (Å²) in [5.74, 6) is 1.98. The number of aromatic nitrogens is 2. The first-order valence-corrected chi connectivity index (χ1v) is 16.6. The Bertz CT molecular complexity index is 1750. The van der Waals surface area contributed by atoms with Crippen LogP contribution in [0.15, 0.2) is 87.1 Å². The molecule has 1 fully saturated rings. The van der Waals surface area contributed by atoms with Crippen LogP contribution in [-0.2, 0) is 19.1 Å². The number of ether oxygens (including phenoxy) is 2. The molecule has 0 N–H and O–H groups in total. The maximum absolute atomic E-state index is 12.9. The van der Waals surface area contributed by atoms with Crippen molar-refractivity contribution in [3.05, 3.63) is 84.3 Å². The third kappa shape index (κ3) is 7.90. The summed E-state index contributed by atoms with van der Waals surface area (Å²) in [7, 11) is 0.888. The second kappa shape index (κ2) is 13.5. The van der Waals surface area contributed by atoms with Crippen molar-refractivity contribution in [2.45, 2.75) is 16.7 Å². The Balaban J connectivity index is 0.000000296. The average molecular weight is 649 g/mol. The van der Waals surface area contributed by atoms with Crippen LogP contribution in [0.2, 0.25) is 0 Å². The van der Waals surface area contributed by atoms with E-state index >= 15 is 0 Å². The van der Waals surface area contributed by atoms with Gasteiger partial charge >= 0.3 is 0 Å². The Morgan fingerprint density at radius 2 is 1.30 bits per heavy atom. The molecule has 1 amide bonds. The lowest BCUT2D eigenvalue weighted by atomic mass is 10.1. The van der Waals surface area contributed by atoms with Crippen LogP contribution in [0.5, 0.6) is 11.5 Å². The molecule has 1 aromatic heterocycles. The van der Waals surface area contributed by atoms with E-state index in [2.05, 4.69) is 10.1 Å². The first kappa shape index (κ1) is 31.9. The number of amides is 1. The molecular formula is C28H29ClN4O8S2. The standard InChI is InChI=1S/C21H22N4O5S.C7H7ClO3S/c1-15-22-20(23-30-15)16-3-5-17(6-4-16)21(26)24-11-13-25(14-12-24)31(27,28)19-9-7-18(29-2)8-10-19;1-11-6-2-4-7(5-3-6)12(8,9)10/h3-10H,11-14H2,1-2H3;2-5H,1H3. The molecule has 0 saturated carbocycles. The highest BCUT2D eigenvalue weighted by Gasteiger charge is 2.30. The molecule has 0 unspecified atom stereocenters. The lowest BCUT2D eigenvalue weighted by Crippen LogP contribution is -2.50. The van der Waals surface area contributed by atoms with Crippen LogP contribution in [0, 0.1) is 6.92 Å². The highest BCUT2D eigenvalue weighted by molar-refractivity contribution is 8.13. The number of hydrogen-bond acceptors (Lipinski definition) is 10. The molecule has 3 aromatic carbocycles. The van der Waals surface area contributed by atoms with Crippen LogP contribution in [0.3, 0.4) is 0 Å². The molecule has 1 saturated heterocycles. The molecule has 0 aliphatic carbocycles. The normalized spacial score (nSPS) is 14.0. The topological polar surface area (TPSA) is 149 Å². The molecule has 1 aliphatic rings. The van der Waals surface area contributed by atoms with Crippen molar-refractivity contribution in [3.63, 3.8) is 0 Å². The number of carbonyl (C=O) groups excluding carboxylic acids is 1. The summed E-state index contributed by atoms with van der Waals surface area (Å²) in [6, 6.07) is 19.1. The summed E-state index contributed by atoms with van der Waals surface area (Å²) in [5.41, 5.74) is 1.28. The number of aryl methyl sites for hydroxylation is 1. The predicted octanol–water partition coefficient (Wildman–Crippen LogP) is 3.82. The summed E-state index contributed by atoms with van der Waals surface area (Å²) in [5, 5.41) is 3.87. The molecule has 2 heterocycles. The summed E-state index contributed by atoms with van der Waals surface area (Å²) < 4.78 is 63.6. The predicted molar refractivity (Wildman–Crippen MR) is 158 cm³/mol. The van der Waals surface area contributed by atoms with Crippen molar-refractivity contribution in [2.75, 3.05) is 40.4 Å². The molecule has 12 nitrogen and oxygen atoms in total. The maximum Gasteiger partial charge on any atom is 0.261 e. The molecule has 0 atom stereocenters. The molecule has 0 bridgehead atoms. The maximum atomic E-state index is 12.9. The second-order valence-corrected chi connectivity index (χ2v) is 13.7. The number of sulfonamides is 1. The number of nitrogens with zero attached hydrogens (tertiary/aromatic N) is 4. The number of hydrogen-bond donors (Lipinski definition) is 0. The summed E-state index contributed by atoms with van der Waals surface area (Å²) in [6.45, 7) is 2.82. The quantitative estimate of drug-likeness (QED) is 0.271. The lowest BCUT2D eigenvalue weighted by molar-refractivity contribution is 0.0698. The molecule has 0 radical (unpaired) electrons. The van der Waals surface area contributed by atoms with Crippen molar-refractivity contribution < 1.29 is 35.6 Å². The van der Waals surface area contributed by atoms with Crippen LogP contribution < -0.4 is 9.47 Å². The van der Waals surface area contributed by atoms with E-state index in [9.17, 15) is 21.6 Å². The van der Waals surface area contributed by atoms with Crippen LogP contribution in [-0.4, -0.2) is 82.5 Å². The molecule has 15 heteroatoms. The summed E-state index contributed by atoms with van der Waals surface area (Å²) in [4.78, 5) is 19.0. The molecule has 0 spiro atoms. The summed E-state index contributed by atoms with van der Waals surface area (Å²) >= 11 is 0. The Kier molecular flexibility index (Phi) is 10.1. The zero-order valence-corrected chi connectivity index (χ0v) is 25.9. The first-order chi connectivity index (χ1) is 20.4. The van der Waals surface area contributed by atoms with E-state index in [1.165, 1.54) is 54.9 Å². The number of methoxy groups -OCH3 is 2. The van der Waals surface area contributed by atoms with Gasteiger partial charge in [0.25, 0.3) is 15.0 Å². The second-order valence-electron chi connectivity index (χ2n) is 9.20. The number of piperazine rings is 1. The van der Waals surface area contributed by atoms with Gasteiger partial charge in [-0.3, -0.25) is 4.79 Å². The van der Waals surface area contributed by atoms with Gasteiger partial charge in [0.05, 0.1) is 24.0 Å². The van der Waals surface area contributed by atoms with Crippen LogP contribution in [0.25, 0.3) is 11.4 Å². The number of carbonyl (C=O) groups is 1. The van der Waals surface area contributed by atoms with Crippen molar-refractivity contribution in [3.8, 4) is 22.9 Å². The van der Waals surface area contributed by atoms with Gasteiger partial charge in [0.1, 0.15) is 11.5 Å². The van der Waals surface area contributed by atoms with E-state index in [4.69, 9.17) is 24.7 Å². The van der Waals surface area contributed by atoms with Crippen LogP contribution in [0.4, 0.5) is 0 Å². The molecule has 5 rings (SSSR count). The van der Waals surface area contributed by atoms with E-state index in [0.717, 1.165) is 5.56 Å². The third-order valence-corrected chi connectivity index (χ3v) is 9.76. The van der Waals surface area contributed by atoms with E-state index in [1.807, 2.05) is 0 Å². The minimum absolute atomic E-state index is 0.0740. The van der Waals surface area contributed by atoms with Crippen molar-refractivity contribution >= 4 is 35.7 Å².